The highest BCUT2D eigenvalue weighted by Gasteiger charge is 2.33. The number of carbonyl (C=O) groups is 1. The molecule has 0 bridgehead atoms. The minimum atomic E-state index is -0.0121. The number of fused-ring (bicyclic) bond motifs is 1. The highest BCUT2D eigenvalue weighted by molar-refractivity contribution is 5.93. The van der Waals surface area contributed by atoms with Crippen LogP contribution in [-0.2, 0) is 6.61 Å². The third-order valence-electron chi connectivity index (χ3n) is 5.20. The first-order valence-electron chi connectivity index (χ1n) is 9.09. The molecule has 0 N–H and O–H groups in total. The van der Waals surface area contributed by atoms with Gasteiger partial charge in [-0.3, -0.25) is 9.69 Å². The minimum absolute atomic E-state index is 0.0121. The van der Waals surface area contributed by atoms with Gasteiger partial charge in [0.2, 0.25) is 0 Å². The fourth-order valence-corrected chi connectivity index (χ4v) is 3.80. The molecule has 5 heteroatoms. The van der Waals surface area contributed by atoms with E-state index in [2.05, 4.69) is 4.90 Å². The number of nitrogens with zero attached hydrogens (tertiary/aromatic N) is 2. The first-order chi connectivity index (χ1) is 12.3. The van der Waals surface area contributed by atoms with Gasteiger partial charge in [0.05, 0.1) is 6.26 Å². The number of benzene rings is 1. The number of carbonyl (C=O) groups excluding carboxylic acids is 1. The number of rotatable bonds is 4. The van der Waals surface area contributed by atoms with Crippen LogP contribution < -0.4 is 4.74 Å². The fraction of sp³-hybridized carbons (Fsp3) is 0.450. The summed E-state index contributed by atoms with van der Waals surface area (Å²) in [5.74, 6) is 1.19. The molecule has 1 amide bonds. The average molecular weight is 340 g/mol. The Morgan fingerprint density at radius 3 is 2.88 bits per heavy atom. The molecule has 3 heterocycles. The van der Waals surface area contributed by atoms with E-state index < -0.39 is 0 Å². The van der Waals surface area contributed by atoms with E-state index in [9.17, 15) is 4.79 Å². The quantitative estimate of drug-likeness (QED) is 0.858. The predicted octanol–water partition coefficient (Wildman–Crippen LogP) is 3.17. The second-order valence-electron chi connectivity index (χ2n) is 6.81. The fourth-order valence-electron chi connectivity index (χ4n) is 3.80. The Kier molecular flexibility index (Phi) is 4.74. The number of amides is 1. The van der Waals surface area contributed by atoms with E-state index in [0.29, 0.717) is 18.4 Å². The number of hydrogen-bond donors (Lipinski definition) is 0. The van der Waals surface area contributed by atoms with Crippen LogP contribution in [0, 0.1) is 0 Å². The van der Waals surface area contributed by atoms with Crippen LogP contribution in [0.4, 0.5) is 0 Å². The van der Waals surface area contributed by atoms with E-state index in [4.69, 9.17) is 9.15 Å². The highest BCUT2D eigenvalue weighted by Crippen LogP contribution is 2.23. The number of ether oxygens (including phenoxy) is 1. The third kappa shape index (κ3) is 3.56. The van der Waals surface area contributed by atoms with Crippen molar-refractivity contribution in [3.8, 4) is 5.75 Å². The Bertz CT molecular complexity index is 713. The molecule has 0 aliphatic carbocycles. The van der Waals surface area contributed by atoms with Crippen LogP contribution in [0.2, 0.25) is 0 Å². The van der Waals surface area contributed by atoms with Crippen LogP contribution in [0.3, 0.4) is 0 Å². The maximum Gasteiger partial charge on any atom is 0.290 e. The molecular formula is C20H24N2O3. The van der Waals surface area contributed by atoms with Crippen LogP contribution in [0.15, 0.2) is 47.1 Å². The molecule has 5 nitrogen and oxygen atoms in total. The number of furan rings is 1. The second-order valence-corrected chi connectivity index (χ2v) is 6.81. The zero-order valence-corrected chi connectivity index (χ0v) is 14.4. The molecule has 0 radical (unpaired) electrons. The van der Waals surface area contributed by atoms with Crippen molar-refractivity contribution in [2.75, 3.05) is 26.2 Å². The molecule has 0 saturated carbocycles. The predicted molar refractivity (Wildman–Crippen MR) is 94.6 cm³/mol. The Balaban J connectivity index is 1.41. The molecule has 2 aliphatic rings. The summed E-state index contributed by atoms with van der Waals surface area (Å²) in [5.41, 5.74) is 0.805. The smallest absolute Gasteiger partial charge is 0.290 e. The van der Waals surface area contributed by atoms with Crippen molar-refractivity contribution >= 4 is 5.91 Å². The van der Waals surface area contributed by atoms with Gasteiger partial charge in [0, 0.05) is 31.2 Å². The monoisotopic (exact) mass is 340 g/mol. The summed E-state index contributed by atoms with van der Waals surface area (Å²) in [6.45, 7) is 4.05. The number of piperidine rings is 1. The van der Waals surface area contributed by atoms with Crippen LogP contribution in [-0.4, -0.2) is 47.9 Å². The molecular weight excluding hydrogens is 316 g/mol. The molecule has 132 valence electrons. The standard InChI is InChI=1S/C20H24N2O3/c23-20(22-12-11-21-10-5-4-6-17(21)14-22)19-16(9-13-24-19)15-25-18-7-2-1-3-8-18/h1-3,7-9,13,17H,4-6,10-12,14-15H2. The van der Waals surface area contributed by atoms with Crippen molar-refractivity contribution in [1.82, 2.24) is 9.80 Å². The summed E-state index contributed by atoms with van der Waals surface area (Å²) < 4.78 is 11.3. The van der Waals surface area contributed by atoms with Gasteiger partial charge in [-0.05, 0) is 37.6 Å². The van der Waals surface area contributed by atoms with Crippen molar-refractivity contribution in [2.45, 2.75) is 31.9 Å². The van der Waals surface area contributed by atoms with Crippen LogP contribution >= 0.6 is 0 Å². The van der Waals surface area contributed by atoms with Crippen LogP contribution in [0.25, 0.3) is 0 Å². The maximum absolute atomic E-state index is 12.9. The SMILES string of the molecule is O=C(c1occc1COc1ccccc1)N1CCN2CCCCC2C1. The van der Waals surface area contributed by atoms with E-state index in [1.807, 2.05) is 41.3 Å². The summed E-state index contributed by atoms with van der Waals surface area (Å²) in [5, 5.41) is 0. The molecule has 2 aromatic rings. The largest absolute Gasteiger partial charge is 0.489 e. The van der Waals surface area contributed by atoms with Gasteiger partial charge in [0.1, 0.15) is 12.4 Å². The van der Waals surface area contributed by atoms with E-state index in [0.717, 1.165) is 30.9 Å². The molecule has 4 rings (SSSR count). The number of hydrogen-bond acceptors (Lipinski definition) is 4. The molecule has 2 saturated heterocycles. The minimum Gasteiger partial charge on any atom is -0.489 e. The summed E-state index contributed by atoms with van der Waals surface area (Å²) in [7, 11) is 0. The number of para-hydroxylation sites is 1. The summed E-state index contributed by atoms with van der Waals surface area (Å²) in [6, 6.07) is 12.0. The van der Waals surface area contributed by atoms with Gasteiger partial charge in [0.15, 0.2) is 5.76 Å². The molecule has 0 spiro atoms. The normalized spacial score (nSPS) is 21.0. The lowest BCUT2D eigenvalue weighted by Gasteiger charge is -2.43. The van der Waals surface area contributed by atoms with Gasteiger partial charge in [-0.1, -0.05) is 24.6 Å². The van der Waals surface area contributed by atoms with Crippen LogP contribution in [0.5, 0.6) is 5.75 Å². The Hall–Kier alpha value is -2.27. The van der Waals surface area contributed by atoms with E-state index in [-0.39, 0.29) is 5.91 Å². The second kappa shape index (κ2) is 7.31. The molecule has 25 heavy (non-hydrogen) atoms. The Morgan fingerprint density at radius 1 is 1.12 bits per heavy atom. The van der Waals surface area contributed by atoms with Gasteiger partial charge >= 0.3 is 0 Å². The van der Waals surface area contributed by atoms with Gasteiger partial charge in [-0.15, -0.1) is 0 Å². The van der Waals surface area contributed by atoms with E-state index in [1.165, 1.54) is 25.8 Å². The topological polar surface area (TPSA) is 45.9 Å². The lowest BCUT2D eigenvalue weighted by atomic mass is 9.99. The summed E-state index contributed by atoms with van der Waals surface area (Å²) >= 11 is 0. The van der Waals surface area contributed by atoms with Crippen molar-refractivity contribution in [3.63, 3.8) is 0 Å². The van der Waals surface area contributed by atoms with Gasteiger partial charge in [0.25, 0.3) is 5.91 Å². The Labute approximate surface area is 148 Å². The number of piperazine rings is 1. The molecule has 1 aromatic carbocycles. The summed E-state index contributed by atoms with van der Waals surface area (Å²) in [6.07, 6.45) is 5.31. The zero-order valence-electron chi connectivity index (χ0n) is 14.4. The molecule has 2 fully saturated rings. The van der Waals surface area contributed by atoms with Crippen molar-refractivity contribution in [3.05, 3.63) is 54.0 Å². The zero-order chi connectivity index (χ0) is 17.1. The van der Waals surface area contributed by atoms with Crippen molar-refractivity contribution in [2.24, 2.45) is 0 Å². The van der Waals surface area contributed by atoms with Crippen molar-refractivity contribution < 1.29 is 13.9 Å². The van der Waals surface area contributed by atoms with Gasteiger partial charge in [-0.2, -0.15) is 0 Å². The molecule has 1 atom stereocenters. The maximum atomic E-state index is 12.9. The third-order valence-corrected chi connectivity index (χ3v) is 5.20. The molecule has 2 aliphatic heterocycles. The van der Waals surface area contributed by atoms with Gasteiger partial charge < -0.3 is 14.1 Å². The molecule has 1 aromatic heterocycles. The van der Waals surface area contributed by atoms with E-state index >= 15 is 0 Å². The van der Waals surface area contributed by atoms with Gasteiger partial charge in [-0.25, -0.2) is 0 Å². The van der Waals surface area contributed by atoms with Crippen LogP contribution in [0.1, 0.15) is 35.4 Å². The summed E-state index contributed by atoms with van der Waals surface area (Å²) in [4.78, 5) is 17.4. The average Bonchev–Trinajstić information content (AvgIpc) is 3.15. The van der Waals surface area contributed by atoms with Crippen molar-refractivity contribution in [1.29, 1.82) is 0 Å². The first kappa shape index (κ1) is 16.2. The highest BCUT2D eigenvalue weighted by atomic mass is 16.5. The first-order valence-corrected chi connectivity index (χ1v) is 9.09. The Morgan fingerprint density at radius 2 is 2.00 bits per heavy atom. The molecule has 1 unspecified atom stereocenters. The lowest BCUT2D eigenvalue weighted by Crippen LogP contribution is -2.56. The van der Waals surface area contributed by atoms with E-state index in [1.54, 1.807) is 6.26 Å². The lowest BCUT2D eigenvalue weighted by molar-refractivity contribution is 0.0348.